The van der Waals surface area contributed by atoms with Crippen molar-refractivity contribution >= 4 is 28.3 Å². The molecule has 1 N–H and O–H groups in total. The maximum absolute atomic E-state index is 11.6. The zero-order chi connectivity index (χ0) is 15.3. The van der Waals surface area contributed by atoms with Gasteiger partial charge in [-0.2, -0.15) is 0 Å². The van der Waals surface area contributed by atoms with Crippen LogP contribution in [-0.2, 0) is 4.57 Å². The Bertz CT molecular complexity index is 600. The van der Waals surface area contributed by atoms with Crippen molar-refractivity contribution < 1.29 is 4.57 Å². The van der Waals surface area contributed by atoms with Crippen LogP contribution < -0.4 is 5.32 Å². The van der Waals surface area contributed by atoms with E-state index >= 15 is 0 Å². The fourth-order valence-corrected chi connectivity index (χ4v) is 3.22. The lowest BCUT2D eigenvalue weighted by molar-refractivity contribution is 0.493. The molecule has 0 saturated carbocycles. The lowest BCUT2D eigenvalue weighted by Gasteiger charge is -2.26. The van der Waals surface area contributed by atoms with Crippen LogP contribution in [0.4, 0.5) is 0 Å². The largest absolute Gasteiger partial charge is 0.301 e. The highest BCUT2D eigenvalue weighted by atomic mass is 35.9. The van der Waals surface area contributed by atoms with E-state index in [1.54, 1.807) is 0 Å². The molecule has 0 aliphatic rings. The van der Waals surface area contributed by atoms with E-state index in [1.807, 2.05) is 48.5 Å². The summed E-state index contributed by atoms with van der Waals surface area (Å²) in [5, 5.41) is 3.25. The number of nitrogens with one attached hydrogen (secondary N) is 1. The van der Waals surface area contributed by atoms with E-state index in [2.05, 4.69) is 24.4 Å². The van der Waals surface area contributed by atoms with E-state index < -0.39 is 5.85 Å². The molecule has 0 aliphatic heterocycles. The van der Waals surface area contributed by atoms with Crippen LogP contribution in [0.3, 0.4) is 0 Å². The fourth-order valence-electron chi connectivity index (χ4n) is 2.40. The highest BCUT2D eigenvalue weighted by Gasteiger charge is 2.23. The van der Waals surface area contributed by atoms with Gasteiger partial charge >= 0.3 is 0 Å². The third kappa shape index (κ3) is 5.16. The van der Waals surface area contributed by atoms with Crippen molar-refractivity contribution in [1.29, 1.82) is 0 Å². The van der Waals surface area contributed by atoms with Gasteiger partial charge in [0, 0.05) is 12.0 Å². The maximum atomic E-state index is 11.6. The lowest BCUT2D eigenvalue weighted by atomic mass is 9.89. The maximum Gasteiger partial charge on any atom is 0.266 e. The van der Waals surface area contributed by atoms with Crippen molar-refractivity contribution in [3.8, 4) is 0 Å². The second kappa shape index (κ2) is 7.47. The van der Waals surface area contributed by atoms with Gasteiger partial charge in [-0.1, -0.05) is 67.6 Å². The summed E-state index contributed by atoms with van der Waals surface area (Å²) in [5.41, 5.74) is 2.33. The summed E-state index contributed by atoms with van der Waals surface area (Å²) < 4.78 is 11.6. The minimum absolute atomic E-state index is 0.000532. The molecule has 112 valence electrons. The van der Waals surface area contributed by atoms with E-state index in [4.69, 9.17) is 22.5 Å². The van der Waals surface area contributed by atoms with Crippen LogP contribution in [-0.4, -0.2) is 6.29 Å². The van der Waals surface area contributed by atoms with Gasteiger partial charge in [0.15, 0.2) is 0 Å². The van der Waals surface area contributed by atoms with Gasteiger partial charge in [0.2, 0.25) is 0 Å². The predicted octanol–water partition coefficient (Wildman–Crippen LogP) is 5.75. The number of rotatable bonds is 6. The molecular weight excluding hydrogens is 324 g/mol. The standard InChI is InChI=1S/C16H18Cl2NOP/c1-13(14-8-4-2-5-9-14)16(19-12-21(17,18)20)15-10-6-3-7-11-15/h2-11,13,16,19H,12H2,1H3/t13-,16+/m0/s1. The number of halogens is 2. The molecule has 0 amide bonds. The average molecular weight is 342 g/mol. The Morgan fingerprint density at radius 1 is 0.952 bits per heavy atom. The molecule has 21 heavy (non-hydrogen) atoms. The molecule has 2 atom stereocenters. The first-order valence-electron chi connectivity index (χ1n) is 6.79. The Labute approximate surface area is 135 Å². The molecule has 0 fully saturated rings. The predicted molar refractivity (Wildman–Crippen MR) is 91.4 cm³/mol. The third-order valence-electron chi connectivity index (χ3n) is 3.48. The van der Waals surface area contributed by atoms with Crippen LogP contribution >= 0.6 is 28.3 Å². The molecule has 2 rings (SSSR count). The zero-order valence-corrected chi connectivity index (χ0v) is 14.2. The third-order valence-corrected chi connectivity index (χ3v) is 4.75. The normalized spacial score (nSPS) is 14.6. The Kier molecular flexibility index (Phi) is 5.89. The molecule has 0 aliphatic carbocycles. The minimum atomic E-state index is -3.14. The molecule has 0 aromatic heterocycles. The molecule has 2 aromatic rings. The van der Waals surface area contributed by atoms with Crippen molar-refractivity contribution in [3.63, 3.8) is 0 Å². The van der Waals surface area contributed by atoms with Gasteiger partial charge in [0.1, 0.15) is 0 Å². The summed E-state index contributed by atoms with van der Waals surface area (Å²) >= 11 is 11.3. The first-order valence-corrected chi connectivity index (χ1v) is 10.5. The van der Waals surface area contributed by atoms with Gasteiger partial charge in [0.05, 0.1) is 6.29 Å². The molecule has 0 saturated heterocycles. The van der Waals surface area contributed by atoms with E-state index in [0.29, 0.717) is 0 Å². The zero-order valence-electron chi connectivity index (χ0n) is 11.7. The van der Waals surface area contributed by atoms with Crippen LogP contribution in [0.1, 0.15) is 30.0 Å². The second-order valence-corrected chi connectivity index (χ2v) is 10.3. The van der Waals surface area contributed by atoms with Crippen molar-refractivity contribution in [2.45, 2.75) is 18.9 Å². The van der Waals surface area contributed by atoms with Gasteiger partial charge in [-0.25, -0.2) is 0 Å². The van der Waals surface area contributed by atoms with Crippen molar-refractivity contribution in [2.75, 3.05) is 6.29 Å². The van der Waals surface area contributed by atoms with Gasteiger partial charge in [0.25, 0.3) is 5.85 Å². The van der Waals surface area contributed by atoms with Gasteiger partial charge in [-0.05, 0) is 33.6 Å². The van der Waals surface area contributed by atoms with Crippen LogP contribution in [0, 0.1) is 0 Å². The highest BCUT2D eigenvalue weighted by molar-refractivity contribution is 8.08. The first kappa shape index (κ1) is 16.6. The van der Waals surface area contributed by atoms with E-state index in [1.165, 1.54) is 5.56 Å². The van der Waals surface area contributed by atoms with E-state index in [0.717, 1.165) is 5.56 Å². The van der Waals surface area contributed by atoms with E-state index in [-0.39, 0.29) is 18.2 Å². The van der Waals surface area contributed by atoms with Crippen molar-refractivity contribution in [1.82, 2.24) is 5.32 Å². The Morgan fingerprint density at radius 3 is 1.90 bits per heavy atom. The Morgan fingerprint density at radius 2 is 1.43 bits per heavy atom. The molecule has 0 heterocycles. The monoisotopic (exact) mass is 341 g/mol. The quantitative estimate of drug-likeness (QED) is 0.677. The Hall–Kier alpha value is -0.790. The van der Waals surface area contributed by atoms with Gasteiger partial charge in [-0.3, -0.25) is 4.57 Å². The molecule has 5 heteroatoms. The second-order valence-electron chi connectivity index (χ2n) is 5.02. The topological polar surface area (TPSA) is 29.1 Å². The molecule has 0 radical (unpaired) electrons. The summed E-state index contributed by atoms with van der Waals surface area (Å²) in [7, 11) is 0. The van der Waals surface area contributed by atoms with Crippen LogP contribution in [0.15, 0.2) is 60.7 Å². The lowest BCUT2D eigenvalue weighted by Crippen LogP contribution is -2.26. The molecule has 0 spiro atoms. The van der Waals surface area contributed by atoms with Crippen LogP contribution in [0.2, 0.25) is 0 Å². The summed E-state index contributed by atoms with van der Waals surface area (Å²) in [6, 6.07) is 20.2. The molecule has 2 aromatic carbocycles. The van der Waals surface area contributed by atoms with Gasteiger partial charge in [-0.15, -0.1) is 0 Å². The van der Waals surface area contributed by atoms with Crippen molar-refractivity contribution in [3.05, 3.63) is 71.8 Å². The number of hydrogen-bond acceptors (Lipinski definition) is 2. The van der Waals surface area contributed by atoms with E-state index in [9.17, 15) is 4.57 Å². The number of hydrogen-bond donors (Lipinski definition) is 1. The molecule has 2 nitrogen and oxygen atoms in total. The SMILES string of the molecule is C[C@@H](c1ccccc1)[C@@H](NCP(=O)(Cl)Cl)c1ccccc1. The number of benzene rings is 2. The summed E-state index contributed by atoms with van der Waals surface area (Å²) in [6.07, 6.45) is 0.0901. The average Bonchev–Trinajstić information content (AvgIpc) is 2.48. The summed E-state index contributed by atoms with van der Waals surface area (Å²) in [4.78, 5) is 0. The molecular formula is C16H18Cl2NOP. The minimum Gasteiger partial charge on any atom is -0.301 e. The smallest absolute Gasteiger partial charge is 0.266 e. The van der Waals surface area contributed by atoms with Crippen LogP contribution in [0.25, 0.3) is 0 Å². The van der Waals surface area contributed by atoms with Crippen molar-refractivity contribution in [2.24, 2.45) is 0 Å². The summed E-state index contributed by atoms with van der Waals surface area (Å²) in [5.74, 6) is -2.94. The van der Waals surface area contributed by atoms with Gasteiger partial charge < -0.3 is 5.32 Å². The first-order chi connectivity index (χ1) is 9.97. The highest BCUT2D eigenvalue weighted by Crippen LogP contribution is 2.55. The Balaban J connectivity index is 2.25. The molecule has 0 bridgehead atoms. The fraction of sp³-hybridized carbons (Fsp3) is 0.250. The molecule has 0 unspecified atom stereocenters. The summed E-state index contributed by atoms with van der Waals surface area (Å²) in [6.45, 7) is 2.13. The van der Waals surface area contributed by atoms with Crippen LogP contribution in [0.5, 0.6) is 0 Å².